The van der Waals surface area contributed by atoms with Gasteiger partial charge in [0, 0.05) is 33.2 Å². The molecule has 3 rings (SSSR count). The quantitative estimate of drug-likeness (QED) is 0.755. The van der Waals surface area contributed by atoms with Gasteiger partial charge in [0.25, 0.3) is 0 Å². The minimum absolute atomic E-state index is 0.120. The van der Waals surface area contributed by atoms with Crippen LogP contribution in [-0.2, 0) is 20.8 Å². The summed E-state index contributed by atoms with van der Waals surface area (Å²) in [6.45, 7) is 4.49. The van der Waals surface area contributed by atoms with E-state index in [1.807, 2.05) is 41.0 Å². The molecule has 0 saturated carbocycles. The summed E-state index contributed by atoms with van der Waals surface area (Å²) in [5.41, 5.74) is 2.19. The molecule has 0 radical (unpaired) electrons. The van der Waals surface area contributed by atoms with Gasteiger partial charge in [-0.05, 0) is 18.1 Å². The van der Waals surface area contributed by atoms with Crippen LogP contribution in [0.1, 0.15) is 17.5 Å². The molecule has 2 fully saturated rings. The normalized spacial score (nSPS) is 22.3. The molecule has 1 atom stereocenters. The van der Waals surface area contributed by atoms with E-state index in [9.17, 15) is 14.4 Å². The lowest BCUT2D eigenvalue weighted by molar-refractivity contribution is -0.138. The van der Waals surface area contributed by atoms with Crippen LogP contribution in [0.4, 0.5) is 0 Å². The van der Waals surface area contributed by atoms with Crippen molar-refractivity contribution < 1.29 is 14.4 Å². The van der Waals surface area contributed by atoms with E-state index in [0.717, 1.165) is 11.1 Å². The van der Waals surface area contributed by atoms with Gasteiger partial charge in [0.05, 0.1) is 18.9 Å². The summed E-state index contributed by atoms with van der Waals surface area (Å²) >= 11 is 0. The Hall–Kier alpha value is -2.21. The van der Waals surface area contributed by atoms with Crippen LogP contribution in [-0.4, -0.2) is 71.7 Å². The molecule has 1 aromatic rings. The van der Waals surface area contributed by atoms with Crippen LogP contribution in [0.2, 0.25) is 0 Å². The maximum Gasteiger partial charge on any atom is 0.246 e. The highest BCUT2D eigenvalue weighted by molar-refractivity contribution is 6.05. The Morgan fingerprint density at radius 3 is 2.38 bits per heavy atom. The summed E-state index contributed by atoms with van der Waals surface area (Å²) in [6, 6.07) is 7.57. The first-order valence-electron chi connectivity index (χ1n) is 8.34. The maximum absolute atomic E-state index is 12.5. The highest BCUT2D eigenvalue weighted by Crippen LogP contribution is 2.19. The van der Waals surface area contributed by atoms with Gasteiger partial charge in [-0.3, -0.25) is 24.2 Å². The third kappa shape index (κ3) is 3.19. The van der Waals surface area contributed by atoms with Gasteiger partial charge in [-0.15, -0.1) is 0 Å². The summed E-state index contributed by atoms with van der Waals surface area (Å²) in [7, 11) is 1.53. The van der Waals surface area contributed by atoms with Crippen molar-refractivity contribution in [1.82, 2.24) is 14.7 Å². The predicted molar refractivity (Wildman–Crippen MR) is 89.2 cm³/mol. The molecule has 0 N–H and O–H groups in total. The predicted octanol–water partition coefficient (Wildman–Crippen LogP) is 0.439. The Kier molecular flexibility index (Phi) is 4.66. The fourth-order valence-corrected chi connectivity index (χ4v) is 3.39. The SMILES string of the molecule is Cc1ccccc1CC(=O)N1CCN(C2CC(=O)N(C)C2=O)CC1. The van der Waals surface area contributed by atoms with Gasteiger partial charge in [-0.25, -0.2) is 0 Å². The third-order valence-electron chi connectivity index (χ3n) is 5.07. The molecule has 1 unspecified atom stereocenters. The zero-order chi connectivity index (χ0) is 17.3. The Morgan fingerprint density at radius 1 is 1.12 bits per heavy atom. The van der Waals surface area contributed by atoms with E-state index in [1.165, 1.54) is 11.9 Å². The van der Waals surface area contributed by atoms with Crippen LogP contribution in [0.3, 0.4) is 0 Å². The number of carbonyl (C=O) groups excluding carboxylic acids is 3. The molecule has 6 nitrogen and oxygen atoms in total. The molecular weight excluding hydrogens is 306 g/mol. The number of carbonyl (C=O) groups is 3. The van der Waals surface area contributed by atoms with Gasteiger partial charge in [-0.2, -0.15) is 0 Å². The second kappa shape index (κ2) is 6.73. The number of likely N-dealkylation sites (tertiary alicyclic amines) is 1. The maximum atomic E-state index is 12.5. The highest BCUT2D eigenvalue weighted by Gasteiger charge is 2.40. The Labute approximate surface area is 142 Å². The van der Waals surface area contributed by atoms with Crippen LogP contribution in [0.25, 0.3) is 0 Å². The van der Waals surface area contributed by atoms with E-state index in [1.54, 1.807) is 0 Å². The molecule has 3 amide bonds. The van der Waals surface area contributed by atoms with Gasteiger partial charge in [0.2, 0.25) is 17.7 Å². The lowest BCUT2D eigenvalue weighted by Crippen LogP contribution is -2.53. The lowest BCUT2D eigenvalue weighted by Gasteiger charge is -2.37. The molecule has 6 heteroatoms. The molecule has 2 saturated heterocycles. The molecule has 0 spiro atoms. The van der Waals surface area contributed by atoms with Crippen LogP contribution >= 0.6 is 0 Å². The van der Waals surface area contributed by atoms with E-state index in [4.69, 9.17) is 0 Å². The third-order valence-corrected chi connectivity index (χ3v) is 5.07. The summed E-state index contributed by atoms with van der Waals surface area (Å²) in [5, 5.41) is 0. The molecule has 24 heavy (non-hydrogen) atoms. The number of hydrogen-bond donors (Lipinski definition) is 0. The van der Waals surface area contributed by atoms with Gasteiger partial charge in [-0.1, -0.05) is 24.3 Å². The Balaban J connectivity index is 1.55. The van der Waals surface area contributed by atoms with E-state index >= 15 is 0 Å². The van der Waals surface area contributed by atoms with Gasteiger partial charge >= 0.3 is 0 Å². The average molecular weight is 329 g/mol. The van der Waals surface area contributed by atoms with Crippen molar-refractivity contribution in [2.24, 2.45) is 0 Å². The first kappa shape index (κ1) is 16.6. The standard InChI is InChI=1S/C18H23N3O3/c1-13-5-3-4-6-14(13)11-17(23)21-9-7-20(8-10-21)15-12-16(22)19(2)18(15)24/h3-6,15H,7-12H2,1-2H3. The van der Waals surface area contributed by atoms with Crippen LogP contribution in [0.15, 0.2) is 24.3 Å². The second-order valence-electron chi connectivity index (χ2n) is 6.53. The van der Waals surface area contributed by atoms with E-state index in [2.05, 4.69) is 0 Å². The molecule has 0 aliphatic carbocycles. The molecule has 2 aliphatic rings. The number of likely N-dealkylation sites (N-methyl/N-ethyl adjacent to an activating group) is 1. The number of aryl methyl sites for hydroxylation is 1. The Bertz CT molecular complexity index is 665. The van der Waals surface area contributed by atoms with Crippen molar-refractivity contribution in [2.75, 3.05) is 33.2 Å². The number of benzene rings is 1. The summed E-state index contributed by atoms with van der Waals surface area (Å²) in [4.78, 5) is 41.3. The fourth-order valence-electron chi connectivity index (χ4n) is 3.39. The van der Waals surface area contributed by atoms with E-state index in [0.29, 0.717) is 32.6 Å². The van der Waals surface area contributed by atoms with Crippen LogP contribution < -0.4 is 0 Å². The van der Waals surface area contributed by atoms with Crippen molar-refractivity contribution >= 4 is 17.7 Å². The molecular formula is C18H23N3O3. The monoisotopic (exact) mass is 329 g/mol. The van der Waals surface area contributed by atoms with Crippen molar-refractivity contribution in [3.05, 3.63) is 35.4 Å². The van der Waals surface area contributed by atoms with Crippen molar-refractivity contribution in [3.63, 3.8) is 0 Å². The fraction of sp³-hybridized carbons (Fsp3) is 0.500. The van der Waals surface area contributed by atoms with Crippen LogP contribution in [0.5, 0.6) is 0 Å². The number of nitrogens with zero attached hydrogens (tertiary/aromatic N) is 3. The first-order chi connectivity index (χ1) is 11.5. The molecule has 128 valence electrons. The molecule has 0 aromatic heterocycles. The molecule has 1 aromatic carbocycles. The smallest absolute Gasteiger partial charge is 0.246 e. The molecule has 2 heterocycles. The van der Waals surface area contributed by atoms with E-state index in [-0.39, 0.29) is 30.2 Å². The number of rotatable bonds is 3. The van der Waals surface area contributed by atoms with E-state index < -0.39 is 0 Å². The second-order valence-corrected chi connectivity index (χ2v) is 6.53. The summed E-state index contributed by atoms with van der Waals surface area (Å²) in [5.74, 6) is -0.127. The largest absolute Gasteiger partial charge is 0.340 e. The average Bonchev–Trinajstić information content (AvgIpc) is 2.84. The van der Waals surface area contributed by atoms with Gasteiger partial charge in [0.15, 0.2) is 0 Å². The van der Waals surface area contributed by atoms with Crippen molar-refractivity contribution in [3.8, 4) is 0 Å². The first-order valence-corrected chi connectivity index (χ1v) is 8.34. The number of hydrogen-bond acceptors (Lipinski definition) is 4. The highest BCUT2D eigenvalue weighted by atomic mass is 16.2. The number of imide groups is 1. The zero-order valence-corrected chi connectivity index (χ0v) is 14.2. The molecule has 0 bridgehead atoms. The Morgan fingerprint density at radius 2 is 1.79 bits per heavy atom. The van der Waals surface area contributed by atoms with Crippen molar-refractivity contribution in [2.45, 2.75) is 25.8 Å². The zero-order valence-electron chi connectivity index (χ0n) is 14.2. The van der Waals surface area contributed by atoms with Gasteiger partial charge < -0.3 is 4.90 Å². The number of piperazine rings is 1. The topological polar surface area (TPSA) is 60.9 Å². The molecule has 2 aliphatic heterocycles. The van der Waals surface area contributed by atoms with Gasteiger partial charge in [0.1, 0.15) is 0 Å². The minimum atomic E-state index is -0.351. The summed E-state index contributed by atoms with van der Waals surface area (Å²) < 4.78 is 0. The van der Waals surface area contributed by atoms with Crippen molar-refractivity contribution in [1.29, 1.82) is 0 Å². The number of amides is 3. The van der Waals surface area contributed by atoms with Crippen LogP contribution in [0, 0.1) is 6.92 Å². The minimum Gasteiger partial charge on any atom is -0.340 e. The summed E-state index contributed by atoms with van der Waals surface area (Å²) in [6.07, 6.45) is 0.669. The lowest BCUT2D eigenvalue weighted by atomic mass is 10.0.